The third-order valence-corrected chi connectivity index (χ3v) is 5.29. The molecule has 1 saturated heterocycles. The maximum absolute atomic E-state index is 12.3. The summed E-state index contributed by atoms with van der Waals surface area (Å²) in [7, 11) is -3.53. The van der Waals surface area contributed by atoms with Crippen LogP contribution in [-0.4, -0.2) is 39.3 Å². The zero-order valence-electron chi connectivity index (χ0n) is 16.4. The van der Waals surface area contributed by atoms with Crippen molar-refractivity contribution in [2.75, 3.05) is 12.8 Å². The van der Waals surface area contributed by atoms with Crippen molar-refractivity contribution in [1.82, 2.24) is 10.6 Å². The maximum atomic E-state index is 12.3. The highest BCUT2D eigenvalue weighted by Gasteiger charge is 2.21. The van der Waals surface area contributed by atoms with Crippen molar-refractivity contribution in [3.63, 3.8) is 0 Å². The highest BCUT2D eigenvalue weighted by Crippen LogP contribution is 2.23. The van der Waals surface area contributed by atoms with Crippen LogP contribution in [0.25, 0.3) is 11.1 Å². The smallest absolute Gasteiger partial charge is 0.306 e. The van der Waals surface area contributed by atoms with Gasteiger partial charge in [-0.2, -0.15) is 8.42 Å². The number of hydrogen-bond donors (Lipinski definition) is 3. The van der Waals surface area contributed by atoms with Crippen LogP contribution in [0, 0.1) is 0 Å². The Kier molecular flexibility index (Phi) is 6.89. The van der Waals surface area contributed by atoms with E-state index in [1.807, 2.05) is 24.3 Å². The highest BCUT2D eigenvalue weighted by atomic mass is 32.2. The second kappa shape index (κ2) is 9.39. The molecule has 0 bridgehead atoms. The summed E-state index contributed by atoms with van der Waals surface area (Å²) in [6.07, 6.45) is 4.13. The van der Waals surface area contributed by atoms with Crippen LogP contribution in [-0.2, 0) is 21.3 Å². The number of amides is 1. The number of nitrogens with one attached hydrogen (secondary N) is 2. The van der Waals surface area contributed by atoms with Crippen LogP contribution in [0.1, 0.15) is 24.8 Å². The van der Waals surface area contributed by atoms with Gasteiger partial charge in [0, 0.05) is 6.42 Å². The van der Waals surface area contributed by atoms with E-state index in [-0.39, 0.29) is 17.7 Å². The summed E-state index contributed by atoms with van der Waals surface area (Å²) in [6.45, 7) is 0.871. The van der Waals surface area contributed by atoms with E-state index in [0.717, 1.165) is 48.8 Å². The third-order valence-electron chi connectivity index (χ3n) is 4.80. The average molecular weight is 418 g/mol. The van der Waals surface area contributed by atoms with Gasteiger partial charge in [-0.15, -0.1) is 0 Å². The number of hydrogen-bond acceptors (Lipinski definition) is 6. The molecular formula is C21H27N3O4S. The summed E-state index contributed by atoms with van der Waals surface area (Å²) in [6, 6.07) is 14.6. The molecule has 2 aromatic rings. The number of rotatable bonds is 7. The fourth-order valence-corrected chi connectivity index (χ4v) is 3.84. The number of carbonyl (C=O) groups excluding carboxylic acids is 1. The van der Waals surface area contributed by atoms with Crippen LogP contribution in [0.15, 0.2) is 48.5 Å². The zero-order valence-corrected chi connectivity index (χ0v) is 17.2. The number of benzene rings is 2. The molecule has 2 atom stereocenters. The van der Waals surface area contributed by atoms with Crippen molar-refractivity contribution >= 4 is 16.0 Å². The predicted octanol–water partition coefficient (Wildman–Crippen LogP) is 1.78. The molecule has 0 radical (unpaired) electrons. The summed E-state index contributed by atoms with van der Waals surface area (Å²) in [4.78, 5) is 12.3. The maximum Gasteiger partial charge on any atom is 0.306 e. The van der Waals surface area contributed by atoms with Crippen molar-refractivity contribution in [1.29, 1.82) is 0 Å². The minimum atomic E-state index is -3.53. The van der Waals surface area contributed by atoms with Crippen molar-refractivity contribution in [2.45, 2.75) is 37.9 Å². The molecular weight excluding hydrogens is 390 g/mol. The Morgan fingerprint density at radius 2 is 1.76 bits per heavy atom. The summed E-state index contributed by atoms with van der Waals surface area (Å²) in [5.41, 5.74) is 9.06. The van der Waals surface area contributed by atoms with Crippen LogP contribution in [0.2, 0.25) is 0 Å². The van der Waals surface area contributed by atoms with Gasteiger partial charge in [-0.3, -0.25) is 4.79 Å². The summed E-state index contributed by atoms with van der Waals surface area (Å²) in [5.74, 6) is 0.243. The molecule has 1 heterocycles. The van der Waals surface area contributed by atoms with Gasteiger partial charge < -0.3 is 20.6 Å². The molecule has 3 rings (SSSR count). The van der Waals surface area contributed by atoms with Crippen molar-refractivity contribution in [3.8, 4) is 16.9 Å². The van der Waals surface area contributed by atoms with Crippen LogP contribution >= 0.6 is 0 Å². The molecule has 8 heteroatoms. The van der Waals surface area contributed by atoms with Gasteiger partial charge in [-0.05, 0) is 48.2 Å². The molecule has 1 amide bonds. The molecule has 0 unspecified atom stereocenters. The van der Waals surface area contributed by atoms with Gasteiger partial charge in [0.25, 0.3) is 0 Å². The van der Waals surface area contributed by atoms with E-state index in [9.17, 15) is 13.2 Å². The summed E-state index contributed by atoms with van der Waals surface area (Å²) < 4.78 is 27.2. The van der Waals surface area contributed by atoms with Gasteiger partial charge >= 0.3 is 10.1 Å². The van der Waals surface area contributed by atoms with E-state index < -0.39 is 16.3 Å². The van der Waals surface area contributed by atoms with E-state index in [2.05, 4.69) is 10.6 Å². The van der Waals surface area contributed by atoms with Crippen molar-refractivity contribution in [3.05, 3.63) is 54.1 Å². The van der Waals surface area contributed by atoms with Crippen LogP contribution in [0.4, 0.5) is 0 Å². The Hall–Kier alpha value is -2.42. The zero-order chi connectivity index (χ0) is 20.9. The quantitative estimate of drug-likeness (QED) is 0.468. The Bertz CT molecular complexity index is 921. The van der Waals surface area contributed by atoms with E-state index >= 15 is 0 Å². The van der Waals surface area contributed by atoms with Crippen LogP contribution in [0.5, 0.6) is 5.75 Å². The van der Waals surface area contributed by atoms with Crippen LogP contribution in [0.3, 0.4) is 0 Å². The molecule has 1 aliphatic rings. The number of carbonyl (C=O) groups is 1. The van der Waals surface area contributed by atoms with Crippen molar-refractivity contribution < 1.29 is 17.4 Å². The van der Waals surface area contributed by atoms with E-state index in [1.165, 1.54) is 0 Å². The van der Waals surface area contributed by atoms with Crippen LogP contribution < -0.4 is 20.6 Å². The first-order valence-electron chi connectivity index (χ1n) is 9.68. The van der Waals surface area contributed by atoms with Gasteiger partial charge in [-0.1, -0.05) is 42.8 Å². The fourth-order valence-electron chi connectivity index (χ4n) is 3.37. The SMILES string of the molecule is CS(=O)(=O)Oc1ccc(-c2ccc(C[C@@H](N)NC(=O)[C@@H]3CCCCN3)cc2)cc1. The average Bonchev–Trinajstić information content (AvgIpc) is 2.68. The molecule has 0 aromatic heterocycles. The third kappa shape index (κ3) is 6.56. The van der Waals surface area contributed by atoms with Gasteiger partial charge in [0.15, 0.2) is 0 Å². The largest absolute Gasteiger partial charge is 0.383 e. The number of piperidine rings is 1. The lowest BCUT2D eigenvalue weighted by molar-refractivity contribution is -0.124. The lowest BCUT2D eigenvalue weighted by atomic mass is 10.0. The normalized spacial score (nSPS) is 18.1. The van der Waals surface area contributed by atoms with Gasteiger partial charge in [0.05, 0.1) is 18.5 Å². The molecule has 4 N–H and O–H groups in total. The standard InChI is InChI=1S/C21H27N3O4S/c1-29(26,27)28-18-11-9-17(10-12-18)16-7-5-15(6-8-16)14-20(22)24-21(25)19-4-2-3-13-23-19/h5-12,19-20,23H,2-4,13-14,22H2,1H3,(H,24,25)/t19-,20-/m0/s1. The second-order valence-electron chi connectivity index (χ2n) is 7.33. The minimum absolute atomic E-state index is 0.0368. The second-order valence-corrected chi connectivity index (χ2v) is 8.91. The molecule has 0 spiro atoms. The molecule has 29 heavy (non-hydrogen) atoms. The number of nitrogens with two attached hydrogens (primary N) is 1. The lowest BCUT2D eigenvalue weighted by Crippen LogP contribution is -2.52. The molecule has 156 valence electrons. The monoisotopic (exact) mass is 417 g/mol. The lowest BCUT2D eigenvalue weighted by Gasteiger charge is -2.24. The van der Waals surface area contributed by atoms with Gasteiger partial charge in [0.1, 0.15) is 5.75 Å². The minimum Gasteiger partial charge on any atom is -0.383 e. The Labute approximate surface area is 171 Å². The molecule has 1 aliphatic heterocycles. The molecule has 7 nitrogen and oxygen atoms in total. The van der Waals surface area contributed by atoms with E-state index in [0.29, 0.717) is 6.42 Å². The fraction of sp³-hybridized carbons (Fsp3) is 0.381. The first-order chi connectivity index (χ1) is 13.8. The Balaban J connectivity index is 1.56. The molecule has 0 aliphatic carbocycles. The molecule has 1 fully saturated rings. The first-order valence-corrected chi connectivity index (χ1v) is 11.5. The van der Waals surface area contributed by atoms with Gasteiger partial charge in [-0.25, -0.2) is 0 Å². The molecule has 2 aromatic carbocycles. The Morgan fingerprint density at radius 3 is 2.31 bits per heavy atom. The Morgan fingerprint density at radius 1 is 1.14 bits per heavy atom. The topological polar surface area (TPSA) is 111 Å². The van der Waals surface area contributed by atoms with Gasteiger partial charge in [0.2, 0.25) is 5.91 Å². The highest BCUT2D eigenvalue weighted by molar-refractivity contribution is 7.86. The van der Waals surface area contributed by atoms with E-state index in [1.54, 1.807) is 24.3 Å². The first kappa shape index (κ1) is 21.3. The molecule has 0 saturated carbocycles. The summed E-state index contributed by atoms with van der Waals surface area (Å²) in [5, 5.41) is 6.10. The van der Waals surface area contributed by atoms with E-state index in [4.69, 9.17) is 9.92 Å². The summed E-state index contributed by atoms with van der Waals surface area (Å²) >= 11 is 0. The predicted molar refractivity (Wildman–Crippen MR) is 113 cm³/mol. The van der Waals surface area contributed by atoms with Crippen molar-refractivity contribution in [2.24, 2.45) is 5.73 Å².